The summed E-state index contributed by atoms with van der Waals surface area (Å²) in [5, 5.41) is 2.97. The number of amides is 1. The Labute approximate surface area is 124 Å². The molecule has 1 amide bonds. The zero-order chi connectivity index (χ0) is 14.8. The monoisotopic (exact) mass is 287 g/mol. The Morgan fingerprint density at radius 1 is 1.14 bits per heavy atom. The van der Waals surface area contributed by atoms with Crippen molar-refractivity contribution in [3.05, 3.63) is 29.8 Å². The molecule has 4 heteroatoms. The molecule has 0 radical (unpaired) electrons. The second-order valence-corrected chi connectivity index (χ2v) is 5.93. The zero-order valence-electron chi connectivity index (χ0n) is 12.3. The van der Waals surface area contributed by atoms with Gasteiger partial charge in [-0.25, -0.2) is 4.79 Å². The molecule has 0 aromatic heterocycles. The number of esters is 1. The number of hydrogen-bond acceptors (Lipinski definition) is 3. The molecular formula is C17H21NO3. The highest BCUT2D eigenvalue weighted by Gasteiger charge is 2.54. The van der Waals surface area contributed by atoms with E-state index in [4.69, 9.17) is 4.74 Å². The fraction of sp³-hybridized carbons (Fsp3) is 0.529. The molecule has 0 spiro atoms. The van der Waals surface area contributed by atoms with Gasteiger partial charge >= 0.3 is 5.97 Å². The van der Waals surface area contributed by atoms with Crippen LogP contribution in [0.2, 0.25) is 0 Å². The number of anilines is 1. The van der Waals surface area contributed by atoms with Crippen LogP contribution in [0.1, 0.15) is 43.0 Å². The Balaban J connectivity index is 1.58. The van der Waals surface area contributed by atoms with Crippen molar-refractivity contribution in [2.24, 2.45) is 17.8 Å². The third-order valence-electron chi connectivity index (χ3n) is 4.62. The van der Waals surface area contributed by atoms with Crippen LogP contribution in [0, 0.1) is 17.8 Å². The summed E-state index contributed by atoms with van der Waals surface area (Å²) in [4.78, 5) is 23.8. The van der Waals surface area contributed by atoms with Crippen LogP contribution in [-0.4, -0.2) is 18.5 Å². The second kappa shape index (κ2) is 5.88. The van der Waals surface area contributed by atoms with Gasteiger partial charge < -0.3 is 10.1 Å². The van der Waals surface area contributed by atoms with Gasteiger partial charge in [-0.2, -0.15) is 0 Å². The number of rotatable bonds is 4. The molecule has 1 N–H and O–H groups in total. The fourth-order valence-electron chi connectivity index (χ4n) is 3.51. The summed E-state index contributed by atoms with van der Waals surface area (Å²) in [5.74, 6) is 1.23. The first-order valence-corrected chi connectivity index (χ1v) is 7.78. The molecule has 0 aliphatic heterocycles. The zero-order valence-corrected chi connectivity index (χ0v) is 12.3. The van der Waals surface area contributed by atoms with Gasteiger partial charge in [-0.15, -0.1) is 0 Å². The number of benzene rings is 1. The smallest absolute Gasteiger partial charge is 0.338 e. The predicted octanol–water partition coefficient (Wildman–Crippen LogP) is 3.24. The van der Waals surface area contributed by atoms with E-state index >= 15 is 0 Å². The van der Waals surface area contributed by atoms with Gasteiger partial charge in [0.05, 0.1) is 12.2 Å². The van der Waals surface area contributed by atoms with Crippen LogP contribution in [0.4, 0.5) is 5.69 Å². The minimum Gasteiger partial charge on any atom is -0.462 e. The van der Waals surface area contributed by atoms with E-state index in [1.54, 1.807) is 31.2 Å². The summed E-state index contributed by atoms with van der Waals surface area (Å²) in [6, 6.07) is 6.90. The molecule has 21 heavy (non-hydrogen) atoms. The molecule has 1 aromatic carbocycles. The lowest BCUT2D eigenvalue weighted by atomic mass is 10.0. The highest BCUT2D eigenvalue weighted by molar-refractivity contribution is 5.96. The van der Waals surface area contributed by atoms with Gasteiger partial charge in [0.15, 0.2) is 0 Å². The van der Waals surface area contributed by atoms with Crippen molar-refractivity contribution in [1.29, 1.82) is 0 Å². The summed E-state index contributed by atoms with van der Waals surface area (Å²) >= 11 is 0. The average molecular weight is 287 g/mol. The predicted molar refractivity (Wildman–Crippen MR) is 80.0 cm³/mol. The third-order valence-corrected chi connectivity index (χ3v) is 4.62. The van der Waals surface area contributed by atoms with Crippen LogP contribution in [-0.2, 0) is 9.53 Å². The molecule has 2 aliphatic rings. The first kappa shape index (κ1) is 14.1. The van der Waals surface area contributed by atoms with E-state index in [9.17, 15) is 9.59 Å². The molecule has 2 aliphatic carbocycles. The Morgan fingerprint density at radius 3 is 2.33 bits per heavy atom. The topological polar surface area (TPSA) is 55.4 Å². The van der Waals surface area contributed by atoms with Crippen molar-refractivity contribution >= 4 is 17.6 Å². The van der Waals surface area contributed by atoms with E-state index in [-0.39, 0.29) is 17.8 Å². The molecule has 4 nitrogen and oxygen atoms in total. The first-order valence-electron chi connectivity index (χ1n) is 7.78. The van der Waals surface area contributed by atoms with Crippen molar-refractivity contribution in [1.82, 2.24) is 0 Å². The van der Waals surface area contributed by atoms with Crippen molar-refractivity contribution in [3.8, 4) is 0 Å². The molecule has 3 rings (SSSR count). The normalized spacial score (nSPS) is 26.6. The van der Waals surface area contributed by atoms with Crippen molar-refractivity contribution in [3.63, 3.8) is 0 Å². The first-order chi connectivity index (χ1) is 10.2. The molecule has 0 bridgehead atoms. The van der Waals surface area contributed by atoms with Gasteiger partial charge in [0, 0.05) is 11.6 Å². The van der Waals surface area contributed by atoms with Crippen LogP contribution >= 0.6 is 0 Å². The van der Waals surface area contributed by atoms with E-state index in [1.165, 1.54) is 25.7 Å². The molecule has 0 heterocycles. The van der Waals surface area contributed by atoms with E-state index in [0.717, 1.165) is 5.69 Å². The number of carbonyl (C=O) groups excluding carboxylic acids is 2. The maximum absolute atomic E-state index is 12.3. The molecule has 3 atom stereocenters. The molecule has 2 fully saturated rings. The van der Waals surface area contributed by atoms with Crippen LogP contribution in [0.25, 0.3) is 0 Å². The summed E-state index contributed by atoms with van der Waals surface area (Å²) in [5.41, 5.74) is 1.26. The highest BCUT2D eigenvalue weighted by Crippen LogP contribution is 2.55. The summed E-state index contributed by atoms with van der Waals surface area (Å²) in [6.07, 6.45) is 4.92. The highest BCUT2D eigenvalue weighted by atomic mass is 16.5. The fourth-order valence-corrected chi connectivity index (χ4v) is 3.51. The van der Waals surface area contributed by atoms with Gasteiger partial charge in [-0.3, -0.25) is 4.79 Å². The van der Waals surface area contributed by atoms with E-state index in [2.05, 4.69) is 5.32 Å². The molecule has 112 valence electrons. The standard InChI is InChI=1S/C17H21NO3/c1-2-21-17(20)11-7-9-12(10-8-11)18-16(19)15-13-5-3-4-6-14(13)15/h7-10,13-15H,2-6H2,1H3,(H,18,19)/t13-,14+,15?. The Hall–Kier alpha value is -1.84. The summed E-state index contributed by atoms with van der Waals surface area (Å²) < 4.78 is 4.94. The van der Waals surface area contributed by atoms with Gasteiger partial charge in [-0.1, -0.05) is 12.8 Å². The number of ether oxygens (including phenoxy) is 1. The molecule has 1 unspecified atom stereocenters. The maximum atomic E-state index is 12.3. The second-order valence-electron chi connectivity index (χ2n) is 5.93. The summed E-state index contributed by atoms with van der Waals surface area (Å²) in [7, 11) is 0. The average Bonchev–Trinajstić information content (AvgIpc) is 3.22. The van der Waals surface area contributed by atoms with Gasteiger partial charge in [0.25, 0.3) is 0 Å². The van der Waals surface area contributed by atoms with Crippen LogP contribution in [0.5, 0.6) is 0 Å². The molecule has 1 aromatic rings. The van der Waals surface area contributed by atoms with E-state index in [1.807, 2.05) is 0 Å². The van der Waals surface area contributed by atoms with Gasteiger partial charge in [0.1, 0.15) is 0 Å². The molecule has 0 saturated heterocycles. The van der Waals surface area contributed by atoms with Crippen molar-refractivity contribution in [2.75, 3.05) is 11.9 Å². The maximum Gasteiger partial charge on any atom is 0.338 e. The van der Waals surface area contributed by atoms with Crippen LogP contribution < -0.4 is 5.32 Å². The largest absolute Gasteiger partial charge is 0.462 e. The Bertz CT molecular complexity index is 525. The van der Waals surface area contributed by atoms with E-state index in [0.29, 0.717) is 24.0 Å². The molecular weight excluding hydrogens is 266 g/mol. The molecule has 2 saturated carbocycles. The van der Waals surface area contributed by atoms with Crippen LogP contribution in [0.15, 0.2) is 24.3 Å². The Kier molecular flexibility index (Phi) is 3.95. The lowest BCUT2D eigenvalue weighted by molar-refractivity contribution is -0.117. The third kappa shape index (κ3) is 2.94. The number of carbonyl (C=O) groups is 2. The minimum atomic E-state index is -0.330. The van der Waals surface area contributed by atoms with Gasteiger partial charge in [0.2, 0.25) is 5.91 Å². The van der Waals surface area contributed by atoms with Crippen molar-refractivity contribution < 1.29 is 14.3 Å². The quantitative estimate of drug-likeness (QED) is 0.865. The summed E-state index contributed by atoms with van der Waals surface area (Å²) in [6.45, 7) is 2.14. The van der Waals surface area contributed by atoms with Crippen LogP contribution in [0.3, 0.4) is 0 Å². The van der Waals surface area contributed by atoms with Gasteiger partial charge in [-0.05, 0) is 55.9 Å². The minimum absolute atomic E-state index is 0.135. The number of nitrogens with one attached hydrogen (secondary N) is 1. The number of hydrogen-bond donors (Lipinski definition) is 1. The lowest BCUT2D eigenvalue weighted by Gasteiger charge is -2.06. The van der Waals surface area contributed by atoms with Crippen molar-refractivity contribution in [2.45, 2.75) is 32.6 Å². The van der Waals surface area contributed by atoms with E-state index < -0.39 is 0 Å². The SMILES string of the molecule is CCOC(=O)c1ccc(NC(=O)C2[C@H]3CCCC[C@@H]23)cc1. The Morgan fingerprint density at radius 2 is 1.76 bits per heavy atom. The lowest BCUT2D eigenvalue weighted by Crippen LogP contribution is -2.15. The number of fused-ring (bicyclic) bond motifs is 1.